The molecular weight excluding hydrogens is 488 g/mol. The van der Waals surface area contributed by atoms with Crippen LogP contribution in [-0.2, 0) is 0 Å². The molecule has 1 heteroatoms. The molecule has 0 amide bonds. The maximum Gasteiger partial charge on any atom is -0.0109 e. The zero-order valence-electron chi connectivity index (χ0n) is 28.0. The number of thiol groups is 1. The zero-order chi connectivity index (χ0) is 30.6. The maximum absolute atomic E-state index is 4.02. The Kier molecular flexibility index (Phi) is 31.3. The molecule has 0 heterocycles. The molecule has 0 nitrogen and oxygen atoms in total. The van der Waals surface area contributed by atoms with Crippen LogP contribution in [0.25, 0.3) is 16.3 Å². The van der Waals surface area contributed by atoms with Crippen molar-refractivity contribution in [3.05, 3.63) is 78.4 Å². The molecule has 1 saturated carbocycles. The first-order valence-corrected chi connectivity index (χ1v) is 16.5. The van der Waals surface area contributed by atoms with Gasteiger partial charge in [0.05, 0.1) is 0 Å². The highest BCUT2D eigenvalue weighted by atomic mass is 32.1. The molecule has 2 aromatic rings. The van der Waals surface area contributed by atoms with E-state index in [4.69, 9.17) is 0 Å². The molecule has 0 saturated heterocycles. The SMILES string of the molecule is C/C=C(\C)c1cccc2ccccc12.C=C(C)C(C)CC1CCCCC1.C=C(C)CC.CC.CCCC.CS. The van der Waals surface area contributed by atoms with E-state index >= 15 is 0 Å². The van der Waals surface area contributed by atoms with Gasteiger partial charge in [0.1, 0.15) is 0 Å². The molecular formula is C38H66S. The third-order valence-electron chi connectivity index (χ3n) is 7.00. The van der Waals surface area contributed by atoms with Crippen molar-refractivity contribution in [1.29, 1.82) is 0 Å². The smallest absolute Gasteiger partial charge is 0.0109 e. The third kappa shape index (κ3) is 21.7. The van der Waals surface area contributed by atoms with Gasteiger partial charge in [-0.25, -0.2) is 0 Å². The number of rotatable bonds is 6. The lowest BCUT2D eigenvalue weighted by atomic mass is 9.82. The monoisotopic (exact) mass is 554 g/mol. The van der Waals surface area contributed by atoms with Crippen molar-refractivity contribution in [2.45, 2.75) is 127 Å². The molecule has 224 valence electrons. The van der Waals surface area contributed by atoms with Crippen molar-refractivity contribution in [2.75, 3.05) is 6.26 Å². The van der Waals surface area contributed by atoms with Crippen molar-refractivity contribution in [2.24, 2.45) is 11.8 Å². The standard InChI is InChI=1S/C14H14.C12H22.C5H10.C4H10.C2H6.CH4S/c1-3-11(2)13-10-6-8-12-7-4-5-9-14(12)13;1-10(2)11(3)9-12-7-5-4-6-8-12;1-4-5(2)3;1-3-4-2;2*1-2/h3-10H,1-2H3;11-12H,1,4-9H2,2-3H3;2,4H2,1,3H3;3-4H2,1-2H3;1-2H3;2H,1H3/b11-3+;;;;;. The van der Waals surface area contributed by atoms with Crippen LogP contribution in [0.5, 0.6) is 0 Å². The lowest BCUT2D eigenvalue weighted by molar-refractivity contribution is 0.311. The minimum atomic E-state index is 0.744. The molecule has 3 rings (SSSR count). The van der Waals surface area contributed by atoms with E-state index in [1.807, 2.05) is 20.8 Å². The Labute approximate surface area is 251 Å². The van der Waals surface area contributed by atoms with Crippen molar-refractivity contribution >= 4 is 29.0 Å². The Hall–Kier alpha value is -1.73. The van der Waals surface area contributed by atoms with Gasteiger partial charge in [-0.15, -0.1) is 6.58 Å². The first kappa shape index (κ1) is 41.7. The van der Waals surface area contributed by atoms with Crippen LogP contribution in [0.4, 0.5) is 0 Å². The van der Waals surface area contributed by atoms with Crippen LogP contribution in [0.15, 0.2) is 72.8 Å². The van der Waals surface area contributed by atoms with Gasteiger partial charge < -0.3 is 0 Å². The van der Waals surface area contributed by atoms with Crippen LogP contribution < -0.4 is 0 Å². The average Bonchev–Trinajstić information content (AvgIpc) is 2.99. The summed E-state index contributed by atoms with van der Waals surface area (Å²) < 4.78 is 0. The summed E-state index contributed by atoms with van der Waals surface area (Å²) in [5, 5.41) is 2.65. The van der Waals surface area contributed by atoms with E-state index in [0.29, 0.717) is 0 Å². The lowest BCUT2D eigenvalue weighted by Crippen LogP contribution is -2.10. The predicted molar refractivity (Wildman–Crippen MR) is 190 cm³/mol. The van der Waals surface area contributed by atoms with Crippen molar-refractivity contribution in [1.82, 2.24) is 0 Å². The maximum atomic E-state index is 4.02. The van der Waals surface area contributed by atoms with Gasteiger partial charge >= 0.3 is 0 Å². The summed E-state index contributed by atoms with van der Waals surface area (Å²) in [6.07, 6.45) is 16.3. The summed E-state index contributed by atoms with van der Waals surface area (Å²) in [4.78, 5) is 0. The highest BCUT2D eigenvalue weighted by Gasteiger charge is 2.16. The summed E-state index contributed by atoms with van der Waals surface area (Å²) in [5.74, 6) is 1.75. The predicted octanol–water partition coefficient (Wildman–Crippen LogP) is 13.8. The molecule has 0 aromatic heterocycles. The number of fused-ring (bicyclic) bond motifs is 1. The van der Waals surface area contributed by atoms with Crippen molar-refractivity contribution in [3.63, 3.8) is 0 Å². The lowest BCUT2D eigenvalue weighted by Gasteiger charge is -2.24. The topological polar surface area (TPSA) is 0 Å². The molecule has 0 N–H and O–H groups in total. The fourth-order valence-electron chi connectivity index (χ4n) is 3.85. The van der Waals surface area contributed by atoms with Gasteiger partial charge in [0.15, 0.2) is 0 Å². The van der Waals surface area contributed by atoms with Gasteiger partial charge in [-0.2, -0.15) is 12.6 Å². The van der Waals surface area contributed by atoms with Gasteiger partial charge in [0, 0.05) is 0 Å². The summed E-state index contributed by atoms with van der Waals surface area (Å²) in [7, 11) is 0. The van der Waals surface area contributed by atoms with E-state index in [9.17, 15) is 0 Å². The number of unbranched alkanes of at least 4 members (excludes halogenated alkanes) is 1. The van der Waals surface area contributed by atoms with E-state index in [1.54, 1.807) is 6.26 Å². The quantitative estimate of drug-likeness (QED) is 0.266. The van der Waals surface area contributed by atoms with Crippen LogP contribution in [-0.4, -0.2) is 6.26 Å². The molecule has 1 fully saturated rings. The van der Waals surface area contributed by atoms with Crippen LogP contribution in [0.3, 0.4) is 0 Å². The number of hydrogen-bond donors (Lipinski definition) is 1. The first-order chi connectivity index (χ1) is 18.7. The summed E-state index contributed by atoms with van der Waals surface area (Å²) in [6.45, 7) is 28.9. The van der Waals surface area contributed by atoms with Crippen LogP contribution in [0.2, 0.25) is 0 Å². The molecule has 0 bridgehead atoms. The molecule has 39 heavy (non-hydrogen) atoms. The minimum Gasteiger partial charge on any atom is -0.183 e. The summed E-state index contributed by atoms with van der Waals surface area (Å²) in [6, 6.07) is 15.0. The second-order valence-corrected chi connectivity index (χ2v) is 10.3. The first-order valence-electron chi connectivity index (χ1n) is 15.6. The van der Waals surface area contributed by atoms with Crippen molar-refractivity contribution < 1.29 is 0 Å². The molecule has 1 aliphatic carbocycles. The number of allylic oxidation sites excluding steroid dienone is 4. The van der Waals surface area contributed by atoms with E-state index in [-0.39, 0.29) is 0 Å². The number of hydrogen-bond acceptors (Lipinski definition) is 1. The largest absolute Gasteiger partial charge is 0.183 e. The third-order valence-corrected chi connectivity index (χ3v) is 7.00. The highest BCUT2D eigenvalue weighted by Crippen LogP contribution is 2.30. The summed E-state index contributed by atoms with van der Waals surface area (Å²) >= 11 is 3.53. The second-order valence-electron chi connectivity index (χ2n) is 10.3. The zero-order valence-corrected chi connectivity index (χ0v) is 28.9. The van der Waals surface area contributed by atoms with Crippen molar-refractivity contribution in [3.8, 4) is 0 Å². The molecule has 0 radical (unpaired) electrons. The minimum absolute atomic E-state index is 0.744. The Bertz CT molecular complexity index is 860. The molecule has 1 atom stereocenters. The van der Waals surface area contributed by atoms with Gasteiger partial charge in [-0.3, -0.25) is 0 Å². The molecule has 0 spiro atoms. The van der Waals surface area contributed by atoms with Gasteiger partial charge in [0.2, 0.25) is 0 Å². The fourth-order valence-corrected chi connectivity index (χ4v) is 3.85. The van der Waals surface area contributed by atoms with Crippen LogP contribution in [0, 0.1) is 11.8 Å². The Balaban J connectivity index is -0.000000469. The number of benzene rings is 2. The normalized spacial score (nSPS) is 13.2. The molecule has 0 aliphatic heterocycles. The van der Waals surface area contributed by atoms with E-state index in [1.165, 1.54) is 84.4 Å². The summed E-state index contributed by atoms with van der Waals surface area (Å²) in [5.41, 5.74) is 5.29. The molecule has 1 aliphatic rings. The van der Waals surface area contributed by atoms with Crippen LogP contribution in [0.1, 0.15) is 133 Å². The van der Waals surface area contributed by atoms with Crippen LogP contribution >= 0.6 is 12.6 Å². The average molecular weight is 555 g/mol. The van der Waals surface area contributed by atoms with Gasteiger partial charge in [-0.05, 0) is 80.5 Å². The second kappa shape index (κ2) is 29.3. The fraction of sp³-hybridized carbons (Fsp3) is 0.579. The van der Waals surface area contributed by atoms with E-state index < -0.39 is 0 Å². The Morgan fingerprint density at radius 1 is 0.872 bits per heavy atom. The van der Waals surface area contributed by atoms with Gasteiger partial charge in [-0.1, -0.05) is 153 Å². The Morgan fingerprint density at radius 2 is 1.36 bits per heavy atom. The highest BCUT2D eigenvalue weighted by molar-refractivity contribution is 7.79. The van der Waals surface area contributed by atoms with E-state index in [0.717, 1.165) is 18.3 Å². The molecule has 2 aromatic carbocycles. The Morgan fingerprint density at radius 3 is 1.79 bits per heavy atom. The molecule has 1 unspecified atom stereocenters. The van der Waals surface area contributed by atoms with Gasteiger partial charge in [0.25, 0.3) is 0 Å². The van der Waals surface area contributed by atoms with E-state index in [2.05, 4.69) is 123 Å².